The topological polar surface area (TPSA) is 79.2 Å². The van der Waals surface area contributed by atoms with Crippen LogP contribution < -0.4 is 0 Å². The smallest absolute Gasteiger partial charge is 0.187 e. The number of rotatable bonds is 8. The summed E-state index contributed by atoms with van der Waals surface area (Å²) < 4.78 is 12.3. The second-order valence-corrected chi connectivity index (χ2v) is 16.2. The molecule has 5 aliphatic rings. The molecule has 5 nitrogen and oxygen atoms in total. The molecule has 5 fully saturated rings. The molecular formula is C34H60O5. The van der Waals surface area contributed by atoms with Gasteiger partial charge in [-0.2, -0.15) is 0 Å². The first-order valence-electron chi connectivity index (χ1n) is 16.7. The van der Waals surface area contributed by atoms with Crippen LogP contribution >= 0.6 is 0 Å². The molecule has 1 saturated heterocycles. The molecule has 14 atom stereocenters. The fourth-order valence-electron chi connectivity index (χ4n) is 11.0. The molecule has 0 bridgehead atoms. The molecule has 5 heteroatoms. The second-order valence-electron chi connectivity index (χ2n) is 16.2. The van der Waals surface area contributed by atoms with Crippen LogP contribution in [0.4, 0.5) is 0 Å². The fraction of sp³-hybridized carbons (Fsp3) is 1.00. The highest BCUT2D eigenvalue weighted by Crippen LogP contribution is 2.69. The number of aliphatic hydroxyl groups is 3. The summed E-state index contributed by atoms with van der Waals surface area (Å²) in [7, 11) is 0. The molecule has 226 valence electrons. The van der Waals surface area contributed by atoms with E-state index in [0.717, 1.165) is 48.3 Å². The van der Waals surface area contributed by atoms with Gasteiger partial charge in [0.25, 0.3) is 0 Å². The Morgan fingerprint density at radius 2 is 1.54 bits per heavy atom. The second kappa shape index (κ2) is 11.1. The maximum Gasteiger partial charge on any atom is 0.187 e. The van der Waals surface area contributed by atoms with Crippen molar-refractivity contribution in [2.45, 2.75) is 162 Å². The van der Waals surface area contributed by atoms with Crippen molar-refractivity contribution in [1.82, 2.24) is 0 Å². The predicted molar refractivity (Wildman–Crippen MR) is 155 cm³/mol. The summed E-state index contributed by atoms with van der Waals surface area (Å²) in [6.45, 7) is 16.3. The van der Waals surface area contributed by atoms with Gasteiger partial charge in [-0.1, -0.05) is 53.9 Å². The zero-order valence-electron chi connectivity index (χ0n) is 26.1. The summed E-state index contributed by atoms with van der Waals surface area (Å²) in [5.74, 6) is 5.82. The van der Waals surface area contributed by atoms with Crippen molar-refractivity contribution in [3.05, 3.63) is 0 Å². The van der Waals surface area contributed by atoms with Crippen molar-refractivity contribution in [1.29, 1.82) is 0 Å². The van der Waals surface area contributed by atoms with Gasteiger partial charge >= 0.3 is 0 Å². The van der Waals surface area contributed by atoms with Crippen molar-refractivity contribution < 1.29 is 24.8 Å². The molecule has 0 spiro atoms. The zero-order valence-corrected chi connectivity index (χ0v) is 26.1. The van der Waals surface area contributed by atoms with E-state index in [2.05, 4.69) is 41.5 Å². The van der Waals surface area contributed by atoms with E-state index in [9.17, 15) is 15.3 Å². The molecule has 0 unspecified atom stereocenters. The minimum absolute atomic E-state index is 0.366. The molecule has 0 radical (unpaired) electrons. The van der Waals surface area contributed by atoms with Gasteiger partial charge in [-0.15, -0.1) is 0 Å². The Morgan fingerprint density at radius 3 is 2.21 bits per heavy atom. The highest BCUT2D eigenvalue weighted by atomic mass is 16.7. The summed E-state index contributed by atoms with van der Waals surface area (Å²) in [5.41, 5.74) is 0.527. The van der Waals surface area contributed by atoms with Crippen LogP contribution in [0.5, 0.6) is 0 Å². The average molecular weight is 549 g/mol. The normalized spacial score (nSPS) is 51.3. The molecule has 39 heavy (non-hydrogen) atoms. The van der Waals surface area contributed by atoms with Crippen LogP contribution in [0.3, 0.4) is 0 Å². The van der Waals surface area contributed by atoms with E-state index in [1.54, 1.807) is 6.92 Å². The Labute approximate surface area is 238 Å². The third kappa shape index (κ3) is 5.39. The fourth-order valence-corrected chi connectivity index (χ4v) is 11.0. The van der Waals surface area contributed by atoms with Gasteiger partial charge in [0.2, 0.25) is 0 Å². The first-order valence-corrected chi connectivity index (χ1v) is 16.7. The molecule has 3 N–H and O–H groups in total. The van der Waals surface area contributed by atoms with Crippen LogP contribution in [0.15, 0.2) is 0 Å². The Balaban J connectivity index is 1.23. The van der Waals surface area contributed by atoms with Gasteiger partial charge in [-0.25, -0.2) is 0 Å². The lowest BCUT2D eigenvalue weighted by Crippen LogP contribution is -2.56. The lowest BCUT2D eigenvalue weighted by Gasteiger charge is -2.62. The van der Waals surface area contributed by atoms with Gasteiger partial charge in [0.05, 0.1) is 11.7 Å². The van der Waals surface area contributed by atoms with Crippen LogP contribution in [-0.2, 0) is 9.47 Å². The minimum Gasteiger partial charge on any atom is -0.391 e. The van der Waals surface area contributed by atoms with Gasteiger partial charge in [-0.3, -0.25) is 0 Å². The zero-order chi connectivity index (χ0) is 28.3. The van der Waals surface area contributed by atoms with Gasteiger partial charge in [0, 0.05) is 0 Å². The highest BCUT2D eigenvalue weighted by molar-refractivity contribution is 5.11. The molecule has 5 rings (SSSR count). The maximum absolute atomic E-state index is 10.6. The Hall–Kier alpha value is -0.200. The molecule has 0 amide bonds. The first kappa shape index (κ1) is 30.3. The maximum atomic E-state index is 10.6. The third-order valence-corrected chi connectivity index (χ3v) is 13.3. The lowest BCUT2D eigenvalue weighted by molar-refractivity contribution is -0.253. The molecule has 1 aliphatic heterocycles. The molecule has 0 aromatic carbocycles. The van der Waals surface area contributed by atoms with Crippen LogP contribution in [-0.4, -0.2) is 51.6 Å². The SMILES string of the molecule is CC(C)CCC[C@@H](C)[C@H]1CC[C@H]2[C@@H]3CC[C@H]4C[C@@](C)(O[C@@H]5O[C@@H]([C@@H](C)O)[C@H](O)[C@H]5O)CC[C@]4(C)[C@H]3CC[C@]12C. The number of hydrogen-bond donors (Lipinski definition) is 3. The monoisotopic (exact) mass is 548 g/mol. The Kier molecular flexibility index (Phi) is 8.64. The molecule has 0 aromatic heterocycles. The summed E-state index contributed by atoms with van der Waals surface area (Å²) in [6.07, 6.45) is 10.9. The van der Waals surface area contributed by atoms with Crippen molar-refractivity contribution in [3.63, 3.8) is 0 Å². The standard InChI is InChI=1S/C34H60O5/c1-20(2)9-8-10-21(3)25-13-14-26-24-12-11-23-19-32(5,39-31-29(37)28(36)30(38-31)22(4)35)17-18-33(23,6)27(24)15-16-34(25,26)7/h20-31,35-37H,8-19H2,1-7H3/t21-,22-,23+,24+,25-,26+,27+,28-,29-,30+,31+,32+,33+,34-/m1/s1. The van der Waals surface area contributed by atoms with Crippen molar-refractivity contribution in [2.24, 2.45) is 52.3 Å². The van der Waals surface area contributed by atoms with Crippen molar-refractivity contribution in [2.75, 3.05) is 0 Å². The number of aliphatic hydroxyl groups excluding tert-OH is 3. The van der Waals surface area contributed by atoms with Crippen LogP contribution in [0.2, 0.25) is 0 Å². The van der Waals surface area contributed by atoms with Crippen LogP contribution in [0.1, 0.15) is 126 Å². The van der Waals surface area contributed by atoms with Gasteiger partial charge < -0.3 is 24.8 Å². The highest BCUT2D eigenvalue weighted by Gasteiger charge is 2.62. The van der Waals surface area contributed by atoms with Gasteiger partial charge in [0.15, 0.2) is 6.29 Å². The Morgan fingerprint density at radius 1 is 0.821 bits per heavy atom. The summed E-state index contributed by atoms with van der Waals surface area (Å²) in [4.78, 5) is 0. The van der Waals surface area contributed by atoms with E-state index in [1.807, 2.05) is 0 Å². The van der Waals surface area contributed by atoms with Gasteiger partial charge in [-0.05, 0) is 124 Å². The molecule has 1 heterocycles. The average Bonchev–Trinajstić information content (AvgIpc) is 3.36. The largest absolute Gasteiger partial charge is 0.391 e. The van der Waals surface area contributed by atoms with E-state index in [4.69, 9.17) is 9.47 Å². The van der Waals surface area contributed by atoms with E-state index in [0.29, 0.717) is 16.7 Å². The molecule has 4 aliphatic carbocycles. The molecule has 0 aromatic rings. The Bertz CT molecular complexity index is 845. The van der Waals surface area contributed by atoms with Gasteiger partial charge in [0.1, 0.15) is 18.3 Å². The van der Waals surface area contributed by atoms with E-state index >= 15 is 0 Å². The predicted octanol–water partition coefficient (Wildman–Crippen LogP) is 6.71. The first-order chi connectivity index (χ1) is 18.3. The van der Waals surface area contributed by atoms with Crippen molar-refractivity contribution >= 4 is 0 Å². The minimum atomic E-state index is -1.12. The number of fused-ring (bicyclic) bond motifs is 5. The molecular weight excluding hydrogens is 488 g/mol. The van der Waals surface area contributed by atoms with E-state index < -0.39 is 30.7 Å². The number of ether oxygens (including phenoxy) is 2. The summed E-state index contributed by atoms with van der Waals surface area (Å²) >= 11 is 0. The van der Waals surface area contributed by atoms with Crippen molar-refractivity contribution in [3.8, 4) is 0 Å². The quantitative estimate of drug-likeness (QED) is 0.314. The van der Waals surface area contributed by atoms with E-state index in [1.165, 1.54) is 64.2 Å². The van der Waals surface area contributed by atoms with Crippen LogP contribution in [0, 0.1) is 52.3 Å². The molecule has 4 saturated carbocycles. The summed E-state index contributed by atoms with van der Waals surface area (Å²) in [5, 5.41) is 30.9. The summed E-state index contributed by atoms with van der Waals surface area (Å²) in [6, 6.07) is 0. The third-order valence-electron chi connectivity index (χ3n) is 13.3. The number of hydrogen-bond acceptors (Lipinski definition) is 5. The lowest BCUT2D eigenvalue weighted by atomic mass is 9.43. The van der Waals surface area contributed by atoms with E-state index in [-0.39, 0.29) is 5.60 Å². The van der Waals surface area contributed by atoms with Crippen LogP contribution in [0.25, 0.3) is 0 Å².